The molecule has 0 aromatic heterocycles. The van der Waals surface area contributed by atoms with Gasteiger partial charge in [-0.05, 0) is 74.4 Å². The highest BCUT2D eigenvalue weighted by atomic mass is 35.5. The topological polar surface area (TPSA) is 56.1 Å². The molecule has 0 saturated carbocycles. The van der Waals surface area contributed by atoms with E-state index in [1.54, 1.807) is 0 Å². The molecule has 1 heterocycles. The van der Waals surface area contributed by atoms with Gasteiger partial charge in [0.05, 0.1) is 17.3 Å². The third-order valence-electron chi connectivity index (χ3n) is 6.26. The molecule has 0 spiro atoms. The van der Waals surface area contributed by atoms with Crippen molar-refractivity contribution in [3.8, 4) is 18.4 Å². The minimum Gasteiger partial charge on any atom is -0.358 e. The summed E-state index contributed by atoms with van der Waals surface area (Å²) in [6.07, 6.45) is 8.42. The molecule has 1 N–H and O–H groups in total. The monoisotopic (exact) mass is 471 g/mol. The Morgan fingerprint density at radius 2 is 1.91 bits per heavy atom. The molecule has 2 aromatic rings. The number of nitrogens with zero attached hydrogens (tertiary/aromatic N) is 2. The summed E-state index contributed by atoms with van der Waals surface area (Å²) in [5, 5.41) is 12.9. The van der Waals surface area contributed by atoms with Gasteiger partial charge in [-0.15, -0.1) is 12.3 Å². The van der Waals surface area contributed by atoms with Crippen molar-refractivity contribution in [3.05, 3.63) is 87.6 Å². The summed E-state index contributed by atoms with van der Waals surface area (Å²) in [5.74, 6) is 3.04. The number of hydrogen-bond donors (Lipinski definition) is 1. The van der Waals surface area contributed by atoms with E-state index in [1.165, 1.54) is 5.56 Å². The summed E-state index contributed by atoms with van der Waals surface area (Å²) < 4.78 is 0. The third kappa shape index (κ3) is 6.10. The molecule has 0 bridgehead atoms. The SMILES string of the molecule is C#CCCC(=C)N/C(=C(\C)Cl)c1cc(C(=O)N2CCC(c3ccc(C#N)cc3)CC2)ccc1C. The fourth-order valence-electron chi connectivity index (χ4n) is 4.25. The predicted molar refractivity (Wildman–Crippen MR) is 139 cm³/mol. The number of piperidine rings is 1. The van der Waals surface area contributed by atoms with Crippen LogP contribution in [-0.2, 0) is 0 Å². The maximum absolute atomic E-state index is 13.3. The van der Waals surface area contributed by atoms with E-state index < -0.39 is 0 Å². The van der Waals surface area contributed by atoms with Gasteiger partial charge in [0.1, 0.15) is 0 Å². The molecule has 1 aliphatic heterocycles. The Morgan fingerprint density at radius 1 is 1.24 bits per heavy atom. The van der Waals surface area contributed by atoms with Gasteiger partial charge < -0.3 is 10.2 Å². The van der Waals surface area contributed by atoms with Gasteiger partial charge in [0.15, 0.2) is 0 Å². The summed E-state index contributed by atoms with van der Waals surface area (Å²) in [6, 6.07) is 15.7. The van der Waals surface area contributed by atoms with Crippen LogP contribution >= 0.6 is 11.6 Å². The van der Waals surface area contributed by atoms with Crippen molar-refractivity contribution in [1.82, 2.24) is 10.2 Å². The molecule has 4 nitrogen and oxygen atoms in total. The Hall–Kier alpha value is -3.47. The summed E-state index contributed by atoms with van der Waals surface area (Å²) in [7, 11) is 0. The maximum Gasteiger partial charge on any atom is 0.253 e. The largest absolute Gasteiger partial charge is 0.358 e. The minimum absolute atomic E-state index is 0.0252. The molecular formula is C29H30ClN3O. The molecular weight excluding hydrogens is 442 g/mol. The number of terminal acetylenes is 1. The van der Waals surface area contributed by atoms with Gasteiger partial charge in [0, 0.05) is 41.4 Å². The lowest BCUT2D eigenvalue weighted by Gasteiger charge is -2.32. The van der Waals surface area contributed by atoms with Crippen molar-refractivity contribution in [2.45, 2.75) is 45.4 Å². The van der Waals surface area contributed by atoms with E-state index in [4.69, 9.17) is 23.3 Å². The minimum atomic E-state index is 0.0252. The van der Waals surface area contributed by atoms with Crippen LogP contribution in [0.15, 0.2) is 59.8 Å². The summed E-state index contributed by atoms with van der Waals surface area (Å²) in [6.45, 7) is 9.27. The van der Waals surface area contributed by atoms with Crippen LogP contribution in [0, 0.1) is 30.6 Å². The van der Waals surface area contributed by atoms with Crippen LogP contribution in [0.4, 0.5) is 0 Å². The zero-order valence-corrected chi connectivity index (χ0v) is 20.6. The first-order valence-electron chi connectivity index (χ1n) is 11.5. The van der Waals surface area contributed by atoms with Gasteiger partial charge in [0.25, 0.3) is 5.91 Å². The molecule has 3 rings (SSSR count). The van der Waals surface area contributed by atoms with Crippen molar-refractivity contribution in [2.24, 2.45) is 0 Å². The van der Waals surface area contributed by atoms with Crippen LogP contribution in [-0.4, -0.2) is 23.9 Å². The first-order chi connectivity index (χ1) is 16.3. The highest BCUT2D eigenvalue weighted by molar-refractivity contribution is 6.32. The van der Waals surface area contributed by atoms with Crippen LogP contribution in [0.2, 0.25) is 0 Å². The normalized spacial score (nSPS) is 14.6. The molecule has 1 amide bonds. The molecule has 1 fully saturated rings. The van der Waals surface area contributed by atoms with Gasteiger partial charge in [0.2, 0.25) is 0 Å². The van der Waals surface area contributed by atoms with E-state index >= 15 is 0 Å². The molecule has 2 aromatic carbocycles. The van der Waals surface area contributed by atoms with Crippen LogP contribution in [0.5, 0.6) is 0 Å². The fraction of sp³-hybridized carbons (Fsp3) is 0.310. The van der Waals surface area contributed by atoms with E-state index in [9.17, 15) is 4.79 Å². The number of nitrogens with one attached hydrogen (secondary N) is 1. The van der Waals surface area contributed by atoms with Crippen molar-refractivity contribution in [1.29, 1.82) is 5.26 Å². The second kappa shape index (κ2) is 11.6. The van der Waals surface area contributed by atoms with Crippen molar-refractivity contribution >= 4 is 23.2 Å². The highest BCUT2D eigenvalue weighted by Crippen LogP contribution is 2.30. The number of nitriles is 1. The van der Waals surface area contributed by atoms with Gasteiger partial charge >= 0.3 is 0 Å². The summed E-state index contributed by atoms with van der Waals surface area (Å²) in [5.41, 5.74) is 5.97. The van der Waals surface area contributed by atoms with E-state index in [1.807, 2.05) is 61.2 Å². The molecule has 0 radical (unpaired) electrons. The van der Waals surface area contributed by atoms with E-state index in [0.29, 0.717) is 48.0 Å². The Kier molecular flexibility index (Phi) is 8.58. The molecule has 174 valence electrons. The lowest BCUT2D eigenvalue weighted by molar-refractivity contribution is 0.0713. The number of allylic oxidation sites excluding steroid dienone is 2. The summed E-state index contributed by atoms with van der Waals surface area (Å²) >= 11 is 6.42. The Labute approximate surface area is 207 Å². The van der Waals surface area contributed by atoms with Crippen LogP contribution in [0.25, 0.3) is 5.70 Å². The molecule has 34 heavy (non-hydrogen) atoms. The average molecular weight is 472 g/mol. The first-order valence-corrected chi connectivity index (χ1v) is 11.9. The van der Waals surface area contributed by atoms with Crippen LogP contribution < -0.4 is 5.32 Å². The molecule has 0 aliphatic carbocycles. The second-order valence-electron chi connectivity index (χ2n) is 8.67. The first kappa shape index (κ1) is 25.2. The van der Waals surface area contributed by atoms with Gasteiger partial charge in [-0.1, -0.05) is 36.4 Å². The van der Waals surface area contributed by atoms with E-state index in [2.05, 4.69) is 23.9 Å². The second-order valence-corrected chi connectivity index (χ2v) is 9.24. The zero-order valence-electron chi connectivity index (χ0n) is 19.8. The van der Waals surface area contributed by atoms with Gasteiger partial charge in [-0.25, -0.2) is 0 Å². The van der Waals surface area contributed by atoms with Crippen LogP contribution in [0.3, 0.4) is 0 Å². The molecule has 5 heteroatoms. The Bertz CT molecular complexity index is 1170. The Morgan fingerprint density at radius 3 is 2.50 bits per heavy atom. The zero-order chi connectivity index (χ0) is 24.7. The van der Waals surface area contributed by atoms with Gasteiger partial charge in [-0.3, -0.25) is 4.79 Å². The van der Waals surface area contributed by atoms with Crippen molar-refractivity contribution < 1.29 is 4.79 Å². The highest BCUT2D eigenvalue weighted by Gasteiger charge is 2.25. The molecule has 1 saturated heterocycles. The summed E-state index contributed by atoms with van der Waals surface area (Å²) in [4.78, 5) is 15.2. The quantitative estimate of drug-likeness (QED) is 0.480. The Balaban J connectivity index is 1.73. The fourth-order valence-corrected chi connectivity index (χ4v) is 4.40. The maximum atomic E-state index is 13.3. The number of rotatable bonds is 7. The number of hydrogen-bond acceptors (Lipinski definition) is 3. The predicted octanol–water partition coefficient (Wildman–Crippen LogP) is 6.33. The van der Waals surface area contributed by atoms with Crippen molar-refractivity contribution in [3.63, 3.8) is 0 Å². The number of halogens is 1. The molecule has 0 atom stereocenters. The van der Waals surface area contributed by atoms with Crippen molar-refractivity contribution in [2.75, 3.05) is 13.1 Å². The number of likely N-dealkylation sites (tertiary alicyclic amines) is 1. The lowest BCUT2D eigenvalue weighted by Crippen LogP contribution is -2.38. The van der Waals surface area contributed by atoms with E-state index in [0.717, 1.165) is 35.4 Å². The lowest BCUT2D eigenvalue weighted by atomic mass is 9.88. The number of benzene rings is 2. The third-order valence-corrected chi connectivity index (χ3v) is 6.45. The van der Waals surface area contributed by atoms with Gasteiger partial charge in [-0.2, -0.15) is 5.26 Å². The molecule has 1 aliphatic rings. The number of amides is 1. The number of carbonyl (C=O) groups is 1. The smallest absolute Gasteiger partial charge is 0.253 e. The average Bonchev–Trinajstić information content (AvgIpc) is 2.86. The number of carbonyl (C=O) groups excluding carboxylic acids is 1. The van der Waals surface area contributed by atoms with Crippen LogP contribution in [0.1, 0.15) is 71.1 Å². The number of aryl methyl sites for hydroxylation is 1. The standard InChI is InChI=1S/C29H30ClN3O/c1-5-6-7-21(3)32-28(22(4)30)27-18-26(11-8-20(27)2)29(34)33-16-14-25(15-17-33)24-12-9-23(19-31)10-13-24/h1,8-13,18,25,32H,3,6-7,14-17H2,2,4H3/b28-22+. The van der Waals surface area contributed by atoms with E-state index in [-0.39, 0.29) is 5.91 Å². The molecule has 0 unspecified atom stereocenters.